The molecule has 11 heteroatoms. The molecule has 1 fully saturated rings. The summed E-state index contributed by atoms with van der Waals surface area (Å²) in [6, 6.07) is -0.597. The molecule has 0 unspecified atom stereocenters. The number of β-lactam (4-membered cyclic amide) rings is 1. The topological polar surface area (TPSA) is 125 Å². The summed E-state index contributed by atoms with van der Waals surface area (Å²) in [7, 11) is 0. The first-order valence-electron chi connectivity index (χ1n) is 5.88. The summed E-state index contributed by atoms with van der Waals surface area (Å²) in [5.74, 6) is -0.866. The van der Waals surface area contributed by atoms with Crippen molar-refractivity contribution >= 4 is 47.2 Å². The fourth-order valence-electron chi connectivity index (χ4n) is 2.02. The van der Waals surface area contributed by atoms with Gasteiger partial charge in [0.25, 0.3) is 0 Å². The molecule has 2 aliphatic rings. The van der Waals surface area contributed by atoms with E-state index in [-0.39, 0.29) is 17.0 Å². The molecule has 0 radical (unpaired) electrons. The van der Waals surface area contributed by atoms with E-state index < -0.39 is 12.0 Å². The van der Waals surface area contributed by atoms with Crippen molar-refractivity contribution in [2.45, 2.75) is 16.4 Å². The van der Waals surface area contributed by atoms with Crippen molar-refractivity contribution in [1.29, 1.82) is 0 Å². The van der Waals surface area contributed by atoms with Crippen molar-refractivity contribution in [3.63, 3.8) is 0 Å². The minimum atomic E-state index is -1.09. The molecule has 112 valence electrons. The lowest BCUT2D eigenvalue weighted by Gasteiger charge is -2.47. The minimum absolute atomic E-state index is 0.0659. The third-order valence-corrected chi connectivity index (χ3v) is 6.62. The molecule has 8 nitrogen and oxygen atoms in total. The summed E-state index contributed by atoms with van der Waals surface area (Å²) in [5, 5.41) is 20.5. The van der Waals surface area contributed by atoms with Crippen LogP contribution in [0.3, 0.4) is 0 Å². The van der Waals surface area contributed by atoms with Crippen molar-refractivity contribution in [3.8, 4) is 0 Å². The number of aromatic amines is 1. The minimum Gasteiger partial charge on any atom is -0.477 e. The van der Waals surface area contributed by atoms with Crippen LogP contribution in [-0.2, 0) is 9.59 Å². The number of carboxylic acid groups (broad SMARTS) is 1. The molecule has 0 saturated carbocycles. The lowest BCUT2D eigenvalue weighted by molar-refractivity contribution is -0.147. The number of H-pyrrole nitrogens is 1. The summed E-state index contributed by atoms with van der Waals surface area (Å²) >= 11 is 4.35. The van der Waals surface area contributed by atoms with E-state index in [4.69, 9.17) is 5.73 Å². The summed E-state index contributed by atoms with van der Waals surface area (Å²) in [6.07, 6.45) is 1.67. The van der Waals surface area contributed by atoms with Crippen LogP contribution in [0.2, 0.25) is 0 Å². The van der Waals surface area contributed by atoms with E-state index in [1.54, 1.807) is 6.20 Å². The van der Waals surface area contributed by atoms with Crippen molar-refractivity contribution in [2.24, 2.45) is 5.73 Å². The van der Waals surface area contributed by atoms with E-state index in [2.05, 4.69) is 15.4 Å². The van der Waals surface area contributed by atoms with Crippen molar-refractivity contribution < 1.29 is 14.7 Å². The van der Waals surface area contributed by atoms with E-state index in [0.29, 0.717) is 15.7 Å². The summed E-state index contributed by atoms with van der Waals surface area (Å²) < 4.78 is 0. The van der Waals surface area contributed by atoms with Crippen LogP contribution in [0.25, 0.3) is 0 Å². The molecule has 0 aliphatic carbocycles. The SMILES string of the molecule is N[C@@H]1C(=O)N2C(C(=O)O)=C(SCSc3c[nH]nn3)CS[C@H]12. The quantitative estimate of drug-likeness (QED) is 0.388. The molecule has 21 heavy (non-hydrogen) atoms. The predicted molar refractivity (Wildman–Crippen MR) is 80.4 cm³/mol. The highest BCUT2D eigenvalue weighted by Gasteiger charge is 2.51. The Labute approximate surface area is 132 Å². The van der Waals surface area contributed by atoms with Crippen molar-refractivity contribution in [3.05, 3.63) is 16.8 Å². The lowest BCUT2D eigenvalue weighted by Crippen LogP contribution is -2.68. The van der Waals surface area contributed by atoms with Gasteiger partial charge < -0.3 is 10.8 Å². The van der Waals surface area contributed by atoms with Crippen LogP contribution >= 0.6 is 35.3 Å². The van der Waals surface area contributed by atoms with Crippen molar-refractivity contribution in [1.82, 2.24) is 20.3 Å². The molecule has 3 rings (SSSR count). The Kier molecular flexibility index (Phi) is 4.15. The highest BCUT2D eigenvalue weighted by molar-refractivity contribution is 8.18. The van der Waals surface area contributed by atoms with E-state index >= 15 is 0 Å². The average Bonchev–Trinajstić information content (AvgIpc) is 2.98. The fourth-order valence-corrected chi connectivity index (χ4v) is 5.54. The van der Waals surface area contributed by atoms with Gasteiger partial charge in [-0.3, -0.25) is 14.8 Å². The second-order valence-corrected chi connectivity index (χ2v) is 7.77. The van der Waals surface area contributed by atoms with Gasteiger partial charge in [0, 0.05) is 10.7 Å². The average molecular weight is 345 g/mol. The molecule has 1 saturated heterocycles. The molecular formula is C10H11N5O3S3. The van der Waals surface area contributed by atoms with Crippen LogP contribution in [-0.4, -0.2) is 59.5 Å². The Morgan fingerprint density at radius 1 is 1.62 bits per heavy atom. The fraction of sp³-hybridized carbons (Fsp3) is 0.400. The third kappa shape index (κ3) is 2.65. The molecule has 1 aromatic heterocycles. The van der Waals surface area contributed by atoms with Gasteiger partial charge in [-0.25, -0.2) is 4.79 Å². The molecule has 2 atom stereocenters. The maximum Gasteiger partial charge on any atom is 0.353 e. The highest BCUT2D eigenvalue weighted by atomic mass is 32.2. The smallest absolute Gasteiger partial charge is 0.353 e. The number of aliphatic carboxylic acids is 1. The second kappa shape index (κ2) is 5.91. The molecule has 0 spiro atoms. The number of nitrogens with zero attached hydrogens (tertiary/aromatic N) is 3. The third-order valence-electron chi connectivity index (χ3n) is 3.01. The first kappa shape index (κ1) is 14.8. The number of amides is 1. The molecule has 3 heterocycles. The number of rotatable bonds is 5. The molecule has 1 amide bonds. The number of nitrogens with two attached hydrogens (primary N) is 1. The number of carbonyl (C=O) groups is 2. The zero-order valence-electron chi connectivity index (χ0n) is 10.6. The molecule has 0 aromatic carbocycles. The number of hydrogen-bond donors (Lipinski definition) is 3. The Morgan fingerprint density at radius 3 is 3.10 bits per heavy atom. The number of thioether (sulfide) groups is 3. The van der Waals surface area contributed by atoms with E-state index in [1.165, 1.54) is 40.2 Å². The van der Waals surface area contributed by atoms with E-state index in [0.717, 1.165) is 5.03 Å². The van der Waals surface area contributed by atoms with Gasteiger partial charge in [-0.1, -0.05) is 17.0 Å². The number of nitrogens with one attached hydrogen (secondary N) is 1. The molecular weight excluding hydrogens is 334 g/mol. The number of carboxylic acids is 1. The van der Waals surface area contributed by atoms with Crippen molar-refractivity contribution in [2.75, 3.05) is 10.8 Å². The lowest BCUT2D eigenvalue weighted by atomic mass is 10.1. The maximum absolute atomic E-state index is 11.8. The summed E-state index contributed by atoms with van der Waals surface area (Å²) in [5.41, 5.74) is 5.76. The van der Waals surface area contributed by atoms with Gasteiger partial charge in [0.2, 0.25) is 5.91 Å². The molecule has 4 N–H and O–H groups in total. The Balaban J connectivity index is 1.72. The number of carbonyl (C=O) groups excluding carboxylic acids is 1. The van der Waals surface area contributed by atoms with Gasteiger partial charge in [0.1, 0.15) is 22.1 Å². The van der Waals surface area contributed by atoms with Crippen LogP contribution in [0.15, 0.2) is 21.8 Å². The van der Waals surface area contributed by atoms with Gasteiger partial charge in [0.15, 0.2) is 0 Å². The van der Waals surface area contributed by atoms with Crippen LogP contribution in [0, 0.1) is 0 Å². The monoisotopic (exact) mass is 345 g/mol. The first-order chi connectivity index (χ1) is 10.1. The van der Waals surface area contributed by atoms with Gasteiger partial charge in [-0.05, 0) is 0 Å². The Hall–Kier alpha value is -1.17. The molecule has 2 aliphatic heterocycles. The number of fused-ring (bicyclic) bond motifs is 1. The summed E-state index contributed by atoms with van der Waals surface area (Å²) in [4.78, 5) is 25.2. The summed E-state index contributed by atoms with van der Waals surface area (Å²) in [6.45, 7) is 0. The van der Waals surface area contributed by atoms with E-state index in [1.807, 2.05) is 0 Å². The van der Waals surface area contributed by atoms with Crippen LogP contribution in [0.4, 0.5) is 0 Å². The normalized spacial score (nSPS) is 24.8. The zero-order valence-corrected chi connectivity index (χ0v) is 13.0. The largest absolute Gasteiger partial charge is 0.477 e. The molecule has 1 aromatic rings. The van der Waals surface area contributed by atoms with Gasteiger partial charge in [-0.2, -0.15) is 0 Å². The van der Waals surface area contributed by atoms with Crippen LogP contribution in [0.1, 0.15) is 0 Å². The Morgan fingerprint density at radius 2 is 2.43 bits per heavy atom. The second-order valence-electron chi connectivity index (χ2n) is 4.23. The maximum atomic E-state index is 11.8. The first-order valence-corrected chi connectivity index (χ1v) is 8.90. The van der Waals surface area contributed by atoms with Crippen LogP contribution in [0.5, 0.6) is 0 Å². The van der Waals surface area contributed by atoms with E-state index in [9.17, 15) is 14.7 Å². The molecule has 0 bridgehead atoms. The van der Waals surface area contributed by atoms with Crippen LogP contribution < -0.4 is 5.73 Å². The Bertz CT molecular complexity index is 605. The zero-order chi connectivity index (χ0) is 15.0. The number of hydrogen-bond acceptors (Lipinski definition) is 8. The van der Waals surface area contributed by atoms with Gasteiger partial charge in [0.05, 0.1) is 11.3 Å². The van der Waals surface area contributed by atoms with Gasteiger partial charge in [-0.15, -0.1) is 28.6 Å². The number of aromatic nitrogens is 3. The van der Waals surface area contributed by atoms with Gasteiger partial charge >= 0.3 is 5.97 Å². The standard InChI is InChI=1S/C10H11N5O3S3/c11-6-8(16)15-7(10(17)18)4(2-19-9(6)15)20-3-21-5-1-12-14-13-5/h1,6,9H,2-3,11H2,(H,17,18)(H,12,13,14)/t6-,9-/m1/s1. The predicted octanol–water partition coefficient (Wildman–Crippen LogP) is 0.126. The highest BCUT2D eigenvalue weighted by Crippen LogP contribution is 2.43.